The van der Waals surface area contributed by atoms with Crippen LogP contribution in [0.4, 0.5) is 0 Å². The maximum absolute atomic E-state index is 12.3. The number of amides is 1. The summed E-state index contributed by atoms with van der Waals surface area (Å²) in [6, 6.07) is 9.52. The van der Waals surface area contributed by atoms with Gasteiger partial charge in [-0.2, -0.15) is 0 Å². The summed E-state index contributed by atoms with van der Waals surface area (Å²) in [5, 5.41) is 4.87. The number of likely N-dealkylation sites (tertiary alicyclic amines) is 1. The van der Waals surface area contributed by atoms with Crippen molar-refractivity contribution >= 4 is 34.5 Å². The number of pyridine rings is 1. The number of carbonyl (C=O) groups is 1. The van der Waals surface area contributed by atoms with Crippen LogP contribution in [0.25, 0.3) is 17.0 Å². The molecule has 1 unspecified atom stereocenters. The Kier molecular flexibility index (Phi) is 4.94. The number of carbonyl (C=O) groups excluding carboxylic acids is 1. The molecule has 1 amide bonds. The lowest BCUT2D eigenvalue weighted by Crippen LogP contribution is -2.28. The monoisotopic (exact) mass is 329 g/mol. The SMILES string of the molecule is CNCC1CCN(C(=O)C=Cc2ccc3ccc(Cl)cc3n2)C1. The van der Waals surface area contributed by atoms with E-state index >= 15 is 0 Å². The minimum atomic E-state index is 0.0524. The molecule has 1 fully saturated rings. The van der Waals surface area contributed by atoms with Crippen molar-refractivity contribution in [2.24, 2.45) is 5.92 Å². The van der Waals surface area contributed by atoms with E-state index in [1.54, 1.807) is 12.2 Å². The van der Waals surface area contributed by atoms with Crippen LogP contribution in [-0.4, -0.2) is 42.5 Å². The van der Waals surface area contributed by atoms with Gasteiger partial charge in [0.1, 0.15) is 0 Å². The van der Waals surface area contributed by atoms with Crippen LogP contribution in [0.5, 0.6) is 0 Å². The predicted molar refractivity (Wildman–Crippen MR) is 94.4 cm³/mol. The normalized spacial score (nSPS) is 18.2. The molecule has 5 heteroatoms. The quantitative estimate of drug-likeness (QED) is 0.877. The summed E-state index contributed by atoms with van der Waals surface area (Å²) in [6.45, 7) is 2.61. The number of benzene rings is 1. The van der Waals surface area contributed by atoms with Crippen LogP contribution in [-0.2, 0) is 4.79 Å². The zero-order chi connectivity index (χ0) is 16.2. The topological polar surface area (TPSA) is 45.2 Å². The fourth-order valence-electron chi connectivity index (χ4n) is 2.95. The number of nitrogens with one attached hydrogen (secondary N) is 1. The summed E-state index contributed by atoms with van der Waals surface area (Å²) >= 11 is 6.00. The number of fused-ring (bicyclic) bond motifs is 1. The van der Waals surface area contributed by atoms with Gasteiger partial charge in [-0.05, 0) is 50.2 Å². The fraction of sp³-hybridized carbons (Fsp3) is 0.333. The van der Waals surface area contributed by atoms with Gasteiger partial charge in [0.25, 0.3) is 0 Å². The zero-order valence-electron chi connectivity index (χ0n) is 13.1. The molecular weight excluding hydrogens is 310 g/mol. The Bertz CT molecular complexity index is 744. The molecule has 23 heavy (non-hydrogen) atoms. The Balaban J connectivity index is 1.69. The fourth-order valence-corrected chi connectivity index (χ4v) is 3.12. The molecule has 1 atom stereocenters. The Morgan fingerprint density at radius 3 is 3.09 bits per heavy atom. The number of nitrogens with zero attached hydrogens (tertiary/aromatic N) is 2. The smallest absolute Gasteiger partial charge is 0.246 e. The van der Waals surface area contributed by atoms with Crippen molar-refractivity contribution in [3.63, 3.8) is 0 Å². The van der Waals surface area contributed by atoms with Crippen LogP contribution in [0.1, 0.15) is 12.1 Å². The van der Waals surface area contributed by atoms with Crippen LogP contribution in [0, 0.1) is 5.92 Å². The van der Waals surface area contributed by atoms with Crippen LogP contribution in [0.15, 0.2) is 36.4 Å². The van der Waals surface area contributed by atoms with Gasteiger partial charge < -0.3 is 10.2 Å². The van der Waals surface area contributed by atoms with E-state index in [-0.39, 0.29) is 5.91 Å². The highest BCUT2D eigenvalue weighted by Gasteiger charge is 2.24. The molecule has 2 heterocycles. The van der Waals surface area contributed by atoms with Crippen molar-refractivity contribution in [2.45, 2.75) is 6.42 Å². The van der Waals surface area contributed by atoms with E-state index in [1.165, 1.54) is 0 Å². The standard InChI is InChI=1S/C18H20ClN3O/c1-20-11-13-8-9-22(12-13)18(23)7-6-16-5-3-14-2-4-15(19)10-17(14)21-16/h2-7,10,13,20H,8-9,11-12H2,1H3. The summed E-state index contributed by atoms with van der Waals surface area (Å²) in [5.74, 6) is 0.606. The second kappa shape index (κ2) is 7.11. The molecule has 1 aromatic carbocycles. The van der Waals surface area contributed by atoms with E-state index in [9.17, 15) is 4.79 Å². The molecule has 1 aromatic heterocycles. The Morgan fingerprint density at radius 1 is 1.43 bits per heavy atom. The van der Waals surface area contributed by atoms with E-state index in [0.29, 0.717) is 10.9 Å². The summed E-state index contributed by atoms with van der Waals surface area (Å²) in [7, 11) is 1.95. The zero-order valence-corrected chi connectivity index (χ0v) is 13.9. The average molecular weight is 330 g/mol. The third kappa shape index (κ3) is 3.89. The second-order valence-electron chi connectivity index (χ2n) is 5.90. The molecule has 0 radical (unpaired) electrons. The van der Waals surface area contributed by atoms with Gasteiger partial charge in [-0.3, -0.25) is 4.79 Å². The molecule has 0 aliphatic carbocycles. The lowest BCUT2D eigenvalue weighted by molar-refractivity contribution is -0.125. The van der Waals surface area contributed by atoms with Gasteiger partial charge in [-0.1, -0.05) is 23.7 Å². The number of halogens is 1. The molecule has 1 aliphatic heterocycles. The first-order valence-electron chi connectivity index (χ1n) is 7.83. The molecular formula is C18H20ClN3O. The third-order valence-electron chi connectivity index (χ3n) is 4.16. The lowest BCUT2D eigenvalue weighted by atomic mass is 10.1. The number of aromatic nitrogens is 1. The first-order chi connectivity index (χ1) is 11.2. The van der Waals surface area contributed by atoms with Crippen LogP contribution in [0.3, 0.4) is 0 Å². The molecule has 0 spiro atoms. The Hall–Kier alpha value is -1.91. The molecule has 120 valence electrons. The van der Waals surface area contributed by atoms with Crippen molar-refractivity contribution in [2.75, 3.05) is 26.7 Å². The van der Waals surface area contributed by atoms with Crippen LogP contribution >= 0.6 is 11.6 Å². The van der Waals surface area contributed by atoms with E-state index in [0.717, 1.165) is 42.7 Å². The van der Waals surface area contributed by atoms with Crippen molar-refractivity contribution in [3.05, 3.63) is 47.1 Å². The average Bonchev–Trinajstić information content (AvgIpc) is 3.01. The van der Waals surface area contributed by atoms with Gasteiger partial charge >= 0.3 is 0 Å². The van der Waals surface area contributed by atoms with Gasteiger partial charge in [0.2, 0.25) is 5.91 Å². The summed E-state index contributed by atoms with van der Waals surface area (Å²) in [5.41, 5.74) is 1.60. The third-order valence-corrected chi connectivity index (χ3v) is 4.40. The summed E-state index contributed by atoms with van der Waals surface area (Å²) in [6.07, 6.45) is 4.45. The second-order valence-corrected chi connectivity index (χ2v) is 6.34. The molecule has 4 nitrogen and oxygen atoms in total. The highest BCUT2D eigenvalue weighted by molar-refractivity contribution is 6.31. The van der Waals surface area contributed by atoms with Gasteiger partial charge in [-0.25, -0.2) is 4.98 Å². The van der Waals surface area contributed by atoms with Crippen LogP contribution in [0.2, 0.25) is 5.02 Å². The molecule has 3 rings (SSSR count). The number of rotatable bonds is 4. The van der Waals surface area contributed by atoms with E-state index in [2.05, 4.69) is 10.3 Å². The van der Waals surface area contributed by atoms with Crippen molar-refractivity contribution in [1.82, 2.24) is 15.2 Å². The molecule has 2 aromatic rings. The lowest BCUT2D eigenvalue weighted by Gasteiger charge is -2.14. The summed E-state index contributed by atoms with van der Waals surface area (Å²) < 4.78 is 0. The number of hydrogen-bond donors (Lipinski definition) is 1. The van der Waals surface area contributed by atoms with Gasteiger partial charge in [0.15, 0.2) is 0 Å². The van der Waals surface area contributed by atoms with E-state index in [1.807, 2.05) is 42.3 Å². The molecule has 1 N–H and O–H groups in total. The maximum atomic E-state index is 12.3. The van der Waals surface area contributed by atoms with E-state index in [4.69, 9.17) is 11.6 Å². The highest BCUT2D eigenvalue weighted by atomic mass is 35.5. The molecule has 0 bridgehead atoms. The number of hydrogen-bond acceptors (Lipinski definition) is 3. The van der Waals surface area contributed by atoms with Crippen molar-refractivity contribution in [3.8, 4) is 0 Å². The van der Waals surface area contributed by atoms with E-state index < -0.39 is 0 Å². The summed E-state index contributed by atoms with van der Waals surface area (Å²) in [4.78, 5) is 18.7. The van der Waals surface area contributed by atoms with Crippen LogP contribution < -0.4 is 5.32 Å². The van der Waals surface area contributed by atoms with Gasteiger partial charge in [0.05, 0.1) is 11.2 Å². The van der Waals surface area contributed by atoms with Gasteiger partial charge in [0, 0.05) is 29.6 Å². The van der Waals surface area contributed by atoms with Gasteiger partial charge in [-0.15, -0.1) is 0 Å². The predicted octanol–water partition coefficient (Wildman–Crippen LogP) is 2.97. The molecule has 1 aliphatic rings. The maximum Gasteiger partial charge on any atom is 0.246 e. The first-order valence-corrected chi connectivity index (χ1v) is 8.21. The highest BCUT2D eigenvalue weighted by Crippen LogP contribution is 2.19. The Morgan fingerprint density at radius 2 is 2.26 bits per heavy atom. The Labute approximate surface area is 141 Å². The molecule has 0 saturated carbocycles. The largest absolute Gasteiger partial charge is 0.339 e. The minimum Gasteiger partial charge on any atom is -0.339 e. The molecule has 1 saturated heterocycles. The minimum absolute atomic E-state index is 0.0524. The van der Waals surface area contributed by atoms with Crippen molar-refractivity contribution in [1.29, 1.82) is 0 Å². The first kappa shape index (κ1) is 16.0. The van der Waals surface area contributed by atoms with Crippen molar-refractivity contribution < 1.29 is 4.79 Å².